The van der Waals surface area contributed by atoms with Crippen LogP contribution in [-0.4, -0.2) is 42.4 Å². The summed E-state index contributed by atoms with van der Waals surface area (Å²) in [6.45, 7) is 5.71. The van der Waals surface area contributed by atoms with Crippen molar-refractivity contribution >= 4 is 0 Å². The molecule has 0 saturated heterocycles. The van der Waals surface area contributed by atoms with Crippen molar-refractivity contribution in [3.05, 3.63) is 29.8 Å². The van der Waals surface area contributed by atoms with Gasteiger partial charge in [-0.15, -0.1) is 0 Å². The van der Waals surface area contributed by atoms with Crippen molar-refractivity contribution < 1.29 is 9.84 Å². The Bertz CT molecular complexity index is 401. The van der Waals surface area contributed by atoms with Gasteiger partial charge in [-0.25, -0.2) is 0 Å². The van der Waals surface area contributed by atoms with E-state index in [4.69, 9.17) is 10.00 Å². The molecule has 0 amide bonds. The Morgan fingerprint density at radius 3 is 2.78 bits per heavy atom. The molecule has 0 aliphatic rings. The monoisotopic (exact) mass is 248 g/mol. The van der Waals surface area contributed by atoms with E-state index in [9.17, 15) is 5.11 Å². The first-order valence-corrected chi connectivity index (χ1v) is 6.13. The van der Waals surface area contributed by atoms with Crippen molar-refractivity contribution in [1.29, 1.82) is 5.26 Å². The summed E-state index contributed by atoms with van der Waals surface area (Å²) in [6, 6.07) is 9.79. The Morgan fingerprint density at radius 1 is 1.44 bits per heavy atom. The van der Waals surface area contributed by atoms with Gasteiger partial charge < -0.3 is 9.84 Å². The predicted molar refractivity (Wildman–Crippen MR) is 70.4 cm³/mol. The van der Waals surface area contributed by atoms with Crippen LogP contribution in [0.4, 0.5) is 0 Å². The quantitative estimate of drug-likeness (QED) is 0.744. The van der Waals surface area contributed by atoms with Gasteiger partial charge in [-0.1, -0.05) is 25.1 Å². The molecule has 1 rings (SSSR count). The zero-order chi connectivity index (χ0) is 13.4. The van der Waals surface area contributed by atoms with Crippen LogP contribution in [0.3, 0.4) is 0 Å². The lowest BCUT2D eigenvalue weighted by atomic mass is 10.2. The van der Waals surface area contributed by atoms with Crippen LogP contribution in [0.15, 0.2) is 24.3 Å². The van der Waals surface area contributed by atoms with E-state index < -0.39 is 6.10 Å². The molecule has 0 radical (unpaired) electrons. The molecule has 18 heavy (non-hydrogen) atoms. The van der Waals surface area contributed by atoms with Gasteiger partial charge in [-0.3, -0.25) is 4.90 Å². The number of para-hydroxylation sites is 1. The highest BCUT2D eigenvalue weighted by Crippen LogP contribution is 2.16. The van der Waals surface area contributed by atoms with Crippen LogP contribution in [-0.2, 0) is 0 Å². The lowest BCUT2D eigenvalue weighted by Gasteiger charge is -2.21. The maximum Gasteiger partial charge on any atom is 0.122 e. The highest BCUT2D eigenvalue weighted by Gasteiger charge is 2.11. The molecule has 1 N–H and O–H groups in total. The molecule has 1 atom stereocenters. The minimum absolute atomic E-state index is 0.243. The zero-order valence-corrected chi connectivity index (χ0v) is 11.0. The minimum atomic E-state index is -0.585. The molecule has 4 heteroatoms. The number of nitrogens with zero attached hydrogens (tertiary/aromatic N) is 2. The summed E-state index contributed by atoms with van der Waals surface area (Å²) in [7, 11) is 0. The Kier molecular flexibility index (Phi) is 6.20. The first-order valence-electron chi connectivity index (χ1n) is 6.13. The van der Waals surface area contributed by atoms with E-state index in [1.54, 1.807) is 0 Å². The average Bonchev–Trinajstić information content (AvgIpc) is 2.37. The summed E-state index contributed by atoms with van der Waals surface area (Å²) < 4.78 is 5.56. The molecule has 0 fully saturated rings. The van der Waals surface area contributed by atoms with E-state index in [0.717, 1.165) is 17.9 Å². The van der Waals surface area contributed by atoms with Crippen molar-refractivity contribution in [2.45, 2.75) is 20.0 Å². The van der Waals surface area contributed by atoms with Gasteiger partial charge in [0.15, 0.2) is 0 Å². The van der Waals surface area contributed by atoms with Crippen LogP contribution < -0.4 is 4.74 Å². The average molecular weight is 248 g/mol. The van der Waals surface area contributed by atoms with Crippen molar-refractivity contribution in [3.63, 3.8) is 0 Å². The first kappa shape index (κ1) is 14.5. The summed E-state index contributed by atoms with van der Waals surface area (Å²) in [4.78, 5) is 1.88. The second kappa shape index (κ2) is 7.70. The molecule has 1 aromatic rings. The summed E-state index contributed by atoms with van der Waals surface area (Å²) in [5.74, 6) is 0.792. The number of ether oxygens (including phenoxy) is 1. The number of benzene rings is 1. The lowest BCUT2D eigenvalue weighted by Crippen LogP contribution is -2.35. The van der Waals surface area contributed by atoms with E-state index in [-0.39, 0.29) is 6.61 Å². The van der Waals surface area contributed by atoms with Gasteiger partial charge in [0.25, 0.3) is 0 Å². The summed E-state index contributed by atoms with van der Waals surface area (Å²) in [6.07, 6.45) is -0.585. The number of hydrogen-bond donors (Lipinski definition) is 1. The standard InChI is InChI=1S/C14H20N2O2/c1-3-16(9-8-15)10-13(17)11-18-14-7-5-4-6-12(14)2/h4-7,13,17H,3,9-11H2,1-2H3. The molecule has 4 nitrogen and oxygen atoms in total. The van der Waals surface area contributed by atoms with Crippen LogP contribution in [0.25, 0.3) is 0 Å². The molecule has 0 saturated carbocycles. The topological polar surface area (TPSA) is 56.5 Å². The van der Waals surface area contributed by atoms with Gasteiger partial charge in [-0.2, -0.15) is 5.26 Å². The second-order valence-electron chi connectivity index (χ2n) is 4.22. The highest BCUT2D eigenvalue weighted by atomic mass is 16.5. The van der Waals surface area contributed by atoms with Crippen LogP contribution >= 0.6 is 0 Å². The van der Waals surface area contributed by atoms with E-state index in [0.29, 0.717) is 13.1 Å². The molecule has 0 spiro atoms. The Labute approximate surface area is 108 Å². The van der Waals surface area contributed by atoms with Gasteiger partial charge >= 0.3 is 0 Å². The van der Waals surface area contributed by atoms with Gasteiger partial charge in [0.2, 0.25) is 0 Å². The Hall–Kier alpha value is -1.57. The maximum atomic E-state index is 9.85. The Morgan fingerprint density at radius 2 is 2.17 bits per heavy atom. The summed E-state index contributed by atoms with van der Waals surface area (Å²) >= 11 is 0. The third kappa shape index (κ3) is 4.74. The SMILES string of the molecule is CCN(CC#N)CC(O)COc1ccccc1C. The fourth-order valence-electron chi connectivity index (χ4n) is 1.66. The predicted octanol–water partition coefficient (Wildman–Crippen LogP) is 1.58. The minimum Gasteiger partial charge on any atom is -0.491 e. The van der Waals surface area contributed by atoms with Gasteiger partial charge in [0.1, 0.15) is 18.5 Å². The second-order valence-corrected chi connectivity index (χ2v) is 4.22. The van der Waals surface area contributed by atoms with E-state index in [1.165, 1.54) is 0 Å². The van der Waals surface area contributed by atoms with E-state index in [2.05, 4.69) is 6.07 Å². The molecule has 1 aromatic carbocycles. The molecule has 98 valence electrons. The zero-order valence-electron chi connectivity index (χ0n) is 11.0. The van der Waals surface area contributed by atoms with Gasteiger partial charge in [-0.05, 0) is 25.1 Å². The smallest absolute Gasteiger partial charge is 0.122 e. The fourth-order valence-corrected chi connectivity index (χ4v) is 1.66. The normalized spacial score (nSPS) is 12.2. The van der Waals surface area contributed by atoms with E-state index >= 15 is 0 Å². The van der Waals surface area contributed by atoms with E-state index in [1.807, 2.05) is 43.0 Å². The molecule has 0 heterocycles. The highest BCUT2D eigenvalue weighted by molar-refractivity contribution is 5.31. The first-order chi connectivity index (χ1) is 8.67. The van der Waals surface area contributed by atoms with Crippen LogP contribution in [0, 0.1) is 18.3 Å². The number of hydrogen-bond acceptors (Lipinski definition) is 4. The third-order valence-electron chi connectivity index (χ3n) is 2.74. The number of rotatable bonds is 7. The van der Waals surface area contributed by atoms with Gasteiger partial charge in [0.05, 0.1) is 12.6 Å². The third-order valence-corrected chi connectivity index (χ3v) is 2.74. The van der Waals surface area contributed by atoms with Crippen molar-refractivity contribution in [1.82, 2.24) is 4.90 Å². The molecule has 0 aromatic heterocycles. The maximum absolute atomic E-state index is 9.85. The molecule has 0 aliphatic carbocycles. The summed E-state index contributed by atoms with van der Waals surface area (Å²) in [5, 5.41) is 18.5. The van der Waals surface area contributed by atoms with Gasteiger partial charge in [0, 0.05) is 6.54 Å². The number of nitriles is 1. The molecule has 1 unspecified atom stereocenters. The molecular formula is C14H20N2O2. The molecule has 0 aliphatic heterocycles. The lowest BCUT2D eigenvalue weighted by molar-refractivity contribution is 0.0738. The van der Waals surface area contributed by atoms with Crippen molar-refractivity contribution in [2.24, 2.45) is 0 Å². The number of aliphatic hydroxyl groups is 1. The Balaban J connectivity index is 2.39. The fraction of sp³-hybridized carbons (Fsp3) is 0.500. The van der Waals surface area contributed by atoms with Crippen LogP contribution in [0.1, 0.15) is 12.5 Å². The van der Waals surface area contributed by atoms with Crippen molar-refractivity contribution in [2.75, 3.05) is 26.2 Å². The molecular weight excluding hydrogens is 228 g/mol. The van der Waals surface area contributed by atoms with Crippen molar-refractivity contribution in [3.8, 4) is 11.8 Å². The van der Waals surface area contributed by atoms with Crippen LogP contribution in [0.2, 0.25) is 0 Å². The number of aliphatic hydroxyl groups excluding tert-OH is 1. The largest absolute Gasteiger partial charge is 0.491 e. The van der Waals surface area contributed by atoms with Crippen LogP contribution in [0.5, 0.6) is 5.75 Å². The molecule has 0 bridgehead atoms. The summed E-state index contributed by atoms with van der Waals surface area (Å²) in [5.41, 5.74) is 1.05. The number of likely N-dealkylation sites (N-methyl/N-ethyl adjacent to an activating group) is 1. The number of aryl methyl sites for hydroxylation is 1.